The van der Waals surface area contributed by atoms with Gasteiger partial charge < -0.3 is 15.1 Å². The fourth-order valence-electron chi connectivity index (χ4n) is 2.97. The first-order chi connectivity index (χ1) is 12.1. The number of hydrogen-bond acceptors (Lipinski definition) is 4. The van der Waals surface area contributed by atoms with Crippen LogP contribution in [0.5, 0.6) is 0 Å². The van der Waals surface area contributed by atoms with Gasteiger partial charge in [0.1, 0.15) is 10.8 Å². The molecule has 0 unspecified atom stereocenters. The number of aliphatic imine (C=N–C) groups is 1. The first-order valence-corrected chi connectivity index (χ1v) is 9.28. The molecule has 2 aromatic rings. The lowest BCUT2D eigenvalue weighted by atomic mass is 10.2. The summed E-state index contributed by atoms with van der Waals surface area (Å²) in [6, 6.07) is 6.96. The molecule has 25 heavy (non-hydrogen) atoms. The summed E-state index contributed by atoms with van der Waals surface area (Å²) in [5, 5.41) is 4.46. The van der Waals surface area contributed by atoms with E-state index < -0.39 is 0 Å². The number of guanidine groups is 1. The van der Waals surface area contributed by atoms with Gasteiger partial charge in [-0.25, -0.2) is 9.37 Å². The van der Waals surface area contributed by atoms with Crippen molar-refractivity contribution in [1.82, 2.24) is 15.2 Å². The molecule has 0 saturated carbocycles. The van der Waals surface area contributed by atoms with Gasteiger partial charge in [0.05, 0.1) is 17.9 Å². The number of nitrogens with zero attached hydrogens (tertiary/aromatic N) is 4. The smallest absolute Gasteiger partial charge is 0.194 e. The molecule has 0 radical (unpaired) electrons. The fraction of sp³-hybridized carbons (Fsp3) is 0.444. The number of aryl methyl sites for hydroxylation is 2. The van der Waals surface area contributed by atoms with Gasteiger partial charge in [-0.05, 0) is 26.0 Å². The molecule has 0 bridgehead atoms. The van der Waals surface area contributed by atoms with Crippen LogP contribution in [0.3, 0.4) is 0 Å². The Morgan fingerprint density at radius 2 is 1.96 bits per heavy atom. The first-order valence-electron chi connectivity index (χ1n) is 8.46. The quantitative estimate of drug-likeness (QED) is 0.674. The number of piperazine rings is 1. The van der Waals surface area contributed by atoms with E-state index in [1.54, 1.807) is 24.5 Å². The highest BCUT2D eigenvalue weighted by atomic mass is 32.1. The molecule has 1 N–H and O–H groups in total. The van der Waals surface area contributed by atoms with Crippen molar-refractivity contribution < 1.29 is 4.39 Å². The molecule has 1 aliphatic heterocycles. The van der Waals surface area contributed by atoms with Gasteiger partial charge in [-0.3, -0.25) is 4.99 Å². The number of aromatic nitrogens is 1. The number of anilines is 1. The van der Waals surface area contributed by atoms with Crippen LogP contribution < -0.4 is 10.2 Å². The summed E-state index contributed by atoms with van der Waals surface area (Å²) in [6.45, 7) is 7.97. The standard InChI is InChI=1S/C18H24FN5S/c1-13-14(2)25-17(22-13)12-21-18(20-3)24-10-8-23(9-11-24)16-7-5-4-6-15(16)19/h4-7H,8-12H2,1-3H3,(H,20,21). The number of halogens is 1. The van der Waals surface area contributed by atoms with E-state index in [0.29, 0.717) is 12.2 Å². The van der Waals surface area contributed by atoms with Gasteiger partial charge in [-0.2, -0.15) is 0 Å². The summed E-state index contributed by atoms with van der Waals surface area (Å²) in [7, 11) is 1.80. The van der Waals surface area contributed by atoms with Crippen LogP contribution in [0.2, 0.25) is 0 Å². The van der Waals surface area contributed by atoms with Crippen LogP contribution in [-0.2, 0) is 6.54 Å². The normalized spacial score (nSPS) is 15.6. The van der Waals surface area contributed by atoms with Crippen LogP contribution in [0, 0.1) is 19.7 Å². The number of para-hydroxylation sites is 1. The second kappa shape index (κ2) is 7.82. The zero-order valence-corrected chi connectivity index (χ0v) is 15.7. The Morgan fingerprint density at radius 1 is 1.24 bits per heavy atom. The Hall–Kier alpha value is -2.15. The van der Waals surface area contributed by atoms with Crippen LogP contribution in [-0.4, -0.2) is 49.1 Å². The molecule has 1 aliphatic rings. The summed E-state index contributed by atoms with van der Waals surface area (Å²) in [6.07, 6.45) is 0. The Balaban J connectivity index is 1.56. The minimum Gasteiger partial charge on any atom is -0.366 e. The van der Waals surface area contributed by atoms with Crippen molar-refractivity contribution in [3.8, 4) is 0 Å². The molecule has 134 valence electrons. The van der Waals surface area contributed by atoms with E-state index >= 15 is 0 Å². The largest absolute Gasteiger partial charge is 0.366 e. The molecular weight excluding hydrogens is 337 g/mol. The molecule has 1 aromatic heterocycles. The molecule has 5 nitrogen and oxygen atoms in total. The number of benzene rings is 1. The van der Waals surface area contributed by atoms with E-state index in [9.17, 15) is 4.39 Å². The van der Waals surface area contributed by atoms with Crippen molar-refractivity contribution in [3.05, 3.63) is 45.7 Å². The molecule has 1 saturated heterocycles. The van der Waals surface area contributed by atoms with Gasteiger partial charge in [-0.1, -0.05) is 12.1 Å². The van der Waals surface area contributed by atoms with E-state index in [1.807, 2.05) is 19.1 Å². The Kier molecular flexibility index (Phi) is 5.53. The SMILES string of the molecule is CN=C(NCc1nc(C)c(C)s1)N1CCN(c2ccccc2F)CC1. The topological polar surface area (TPSA) is 43.8 Å². The lowest BCUT2D eigenvalue weighted by molar-refractivity contribution is 0.370. The maximum Gasteiger partial charge on any atom is 0.194 e. The molecule has 3 rings (SSSR count). The number of rotatable bonds is 3. The third-order valence-electron chi connectivity index (χ3n) is 4.45. The Bertz CT molecular complexity index is 730. The summed E-state index contributed by atoms with van der Waals surface area (Å²) >= 11 is 1.72. The van der Waals surface area contributed by atoms with Gasteiger partial charge in [0.2, 0.25) is 0 Å². The number of hydrogen-bond donors (Lipinski definition) is 1. The second-order valence-electron chi connectivity index (χ2n) is 6.08. The van der Waals surface area contributed by atoms with Crippen molar-refractivity contribution in [2.75, 3.05) is 38.1 Å². The lowest BCUT2D eigenvalue weighted by Crippen LogP contribution is -2.52. The minimum atomic E-state index is -0.159. The van der Waals surface area contributed by atoms with Crippen LogP contribution in [0.1, 0.15) is 15.6 Å². The van der Waals surface area contributed by atoms with Crippen LogP contribution in [0.25, 0.3) is 0 Å². The molecule has 0 aliphatic carbocycles. The summed E-state index contributed by atoms with van der Waals surface area (Å²) < 4.78 is 13.9. The van der Waals surface area contributed by atoms with Crippen LogP contribution in [0.4, 0.5) is 10.1 Å². The van der Waals surface area contributed by atoms with Crippen LogP contribution >= 0.6 is 11.3 Å². The van der Waals surface area contributed by atoms with Gasteiger partial charge >= 0.3 is 0 Å². The van der Waals surface area contributed by atoms with E-state index in [0.717, 1.165) is 42.8 Å². The van der Waals surface area contributed by atoms with Gasteiger partial charge in [0.25, 0.3) is 0 Å². The highest BCUT2D eigenvalue weighted by Crippen LogP contribution is 2.20. The van der Waals surface area contributed by atoms with Crippen molar-refractivity contribution >= 4 is 23.0 Å². The molecule has 0 amide bonds. The Morgan fingerprint density at radius 3 is 2.56 bits per heavy atom. The van der Waals surface area contributed by atoms with Gasteiger partial charge in [-0.15, -0.1) is 11.3 Å². The van der Waals surface area contributed by atoms with E-state index in [2.05, 4.69) is 32.0 Å². The molecule has 1 fully saturated rings. The van der Waals surface area contributed by atoms with E-state index in [-0.39, 0.29) is 5.82 Å². The van der Waals surface area contributed by atoms with Crippen molar-refractivity contribution in [3.63, 3.8) is 0 Å². The highest BCUT2D eigenvalue weighted by molar-refractivity contribution is 7.11. The second-order valence-corrected chi connectivity index (χ2v) is 7.36. The van der Waals surface area contributed by atoms with Crippen molar-refractivity contribution in [2.45, 2.75) is 20.4 Å². The first kappa shape index (κ1) is 17.7. The number of nitrogens with one attached hydrogen (secondary N) is 1. The summed E-state index contributed by atoms with van der Waals surface area (Å²) in [4.78, 5) is 14.5. The van der Waals surface area contributed by atoms with Gasteiger partial charge in [0, 0.05) is 38.1 Å². The zero-order valence-electron chi connectivity index (χ0n) is 14.9. The molecule has 1 aromatic carbocycles. The average molecular weight is 361 g/mol. The van der Waals surface area contributed by atoms with Crippen LogP contribution in [0.15, 0.2) is 29.3 Å². The molecular formula is C18H24FN5S. The van der Waals surface area contributed by atoms with E-state index in [1.165, 1.54) is 10.9 Å². The number of thiazole rings is 1. The maximum atomic E-state index is 13.9. The average Bonchev–Trinajstić information content (AvgIpc) is 2.94. The third-order valence-corrected chi connectivity index (χ3v) is 5.53. The Labute approximate surface area is 152 Å². The predicted molar refractivity (Wildman–Crippen MR) is 102 cm³/mol. The van der Waals surface area contributed by atoms with Crippen molar-refractivity contribution in [1.29, 1.82) is 0 Å². The molecule has 2 heterocycles. The monoisotopic (exact) mass is 361 g/mol. The fourth-order valence-corrected chi connectivity index (χ4v) is 3.84. The molecule has 7 heteroatoms. The summed E-state index contributed by atoms with van der Waals surface area (Å²) in [5.74, 6) is 0.714. The molecule has 0 atom stereocenters. The zero-order chi connectivity index (χ0) is 17.8. The molecule has 0 spiro atoms. The lowest BCUT2D eigenvalue weighted by Gasteiger charge is -2.37. The minimum absolute atomic E-state index is 0.159. The predicted octanol–water partition coefficient (Wildman–Crippen LogP) is 2.80. The highest BCUT2D eigenvalue weighted by Gasteiger charge is 2.21. The third kappa shape index (κ3) is 4.10. The van der Waals surface area contributed by atoms with Crippen molar-refractivity contribution in [2.24, 2.45) is 4.99 Å². The van der Waals surface area contributed by atoms with Gasteiger partial charge in [0.15, 0.2) is 5.96 Å². The van der Waals surface area contributed by atoms with E-state index in [4.69, 9.17) is 0 Å². The summed E-state index contributed by atoms with van der Waals surface area (Å²) in [5.41, 5.74) is 1.77. The maximum absolute atomic E-state index is 13.9.